The molecule has 1 fully saturated rings. The van der Waals surface area contributed by atoms with Gasteiger partial charge in [0.1, 0.15) is 5.65 Å². The average molecular weight is 306 g/mol. The second kappa shape index (κ2) is 6.50. The molecule has 1 aliphatic heterocycles. The lowest BCUT2D eigenvalue weighted by atomic mass is 9.95. The topological polar surface area (TPSA) is 42.2 Å². The van der Waals surface area contributed by atoms with E-state index in [1.165, 1.54) is 25.0 Å². The standard InChI is InChI=1S/C19H22N4/c1-2-12-23-18(14-21-19(23)8-1)17-7-3-6-16(22-17)13-15-5-4-10-20-11-9-15/h1-3,6-8,12,14-15,20H,4-5,9-11,13H2/t15-/m0/s1. The van der Waals surface area contributed by atoms with Crippen molar-refractivity contribution in [2.45, 2.75) is 25.7 Å². The number of hydrogen-bond acceptors (Lipinski definition) is 3. The maximum Gasteiger partial charge on any atom is 0.137 e. The molecule has 0 aromatic carbocycles. The van der Waals surface area contributed by atoms with E-state index in [2.05, 4.69) is 32.9 Å². The van der Waals surface area contributed by atoms with Crippen LogP contribution in [-0.2, 0) is 6.42 Å². The lowest BCUT2D eigenvalue weighted by Gasteiger charge is -2.13. The highest BCUT2D eigenvalue weighted by molar-refractivity contribution is 5.60. The van der Waals surface area contributed by atoms with Gasteiger partial charge >= 0.3 is 0 Å². The summed E-state index contributed by atoms with van der Waals surface area (Å²) in [7, 11) is 0. The number of pyridine rings is 2. The molecule has 0 aliphatic carbocycles. The lowest BCUT2D eigenvalue weighted by molar-refractivity contribution is 0.465. The van der Waals surface area contributed by atoms with Crippen molar-refractivity contribution in [3.05, 3.63) is 54.5 Å². The Morgan fingerprint density at radius 2 is 2.09 bits per heavy atom. The van der Waals surface area contributed by atoms with E-state index in [0.29, 0.717) is 0 Å². The van der Waals surface area contributed by atoms with Crippen molar-refractivity contribution in [2.24, 2.45) is 5.92 Å². The number of fused-ring (bicyclic) bond motifs is 1. The second-order valence-corrected chi connectivity index (χ2v) is 6.34. The molecular formula is C19H22N4. The van der Waals surface area contributed by atoms with Gasteiger partial charge in [-0.3, -0.25) is 9.38 Å². The fourth-order valence-corrected chi connectivity index (χ4v) is 3.45. The van der Waals surface area contributed by atoms with Gasteiger partial charge in [-0.1, -0.05) is 12.1 Å². The van der Waals surface area contributed by atoms with Crippen LogP contribution < -0.4 is 5.32 Å². The normalized spacial score (nSPS) is 18.9. The largest absolute Gasteiger partial charge is 0.317 e. The summed E-state index contributed by atoms with van der Waals surface area (Å²) >= 11 is 0. The van der Waals surface area contributed by atoms with Crippen molar-refractivity contribution in [3.63, 3.8) is 0 Å². The molecule has 118 valence electrons. The molecule has 4 heteroatoms. The van der Waals surface area contributed by atoms with E-state index in [0.717, 1.165) is 42.5 Å². The van der Waals surface area contributed by atoms with E-state index in [4.69, 9.17) is 4.98 Å². The van der Waals surface area contributed by atoms with Gasteiger partial charge in [-0.2, -0.15) is 0 Å². The summed E-state index contributed by atoms with van der Waals surface area (Å²) in [5, 5.41) is 3.48. The predicted octanol–water partition coefficient (Wildman–Crippen LogP) is 3.33. The van der Waals surface area contributed by atoms with Gasteiger partial charge in [0.2, 0.25) is 0 Å². The molecule has 0 amide bonds. The van der Waals surface area contributed by atoms with Crippen LogP contribution in [0.15, 0.2) is 48.8 Å². The first-order chi connectivity index (χ1) is 11.4. The Kier molecular flexibility index (Phi) is 4.07. The summed E-state index contributed by atoms with van der Waals surface area (Å²) in [6.07, 6.45) is 8.86. The first-order valence-electron chi connectivity index (χ1n) is 8.49. The highest BCUT2D eigenvalue weighted by atomic mass is 15.0. The molecule has 0 unspecified atom stereocenters. The Bertz CT molecular complexity index is 785. The van der Waals surface area contributed by atoms with Gasteiger partial charge in [-0.25, -0.2) is 4.98 Å². The molecule has 3 aromatic heterocycles. The molecule has 1 saturated heterocycles. The molecule has 1 atom stereocenters. The molecule has 4 heterocycles. The summed E-state index contributed by atoms with van der Waals surface area (Å²) in [6, 6.07) is 12.4. The second-order valence-electron chi connectivity index (χ2n) is 6.34. The molecule has 1 N–H and O–H groups in total. The number of rotatable bonds is 3. The van der Waals surface area contributed by atoms with Crippen molar-refractivity contribution < 1.29 is 0 Å². The van der Waals surface area contributed by atoms with E-state index in [1.54, 1.807) is 0 Å². The third kappa shape index (κ3) is 3.13. The molecular weight excluding hydrogens is 284 g/mol. The minimum Gasteiger partial charge on any atom is -0.317 e. The smallest absolute Gasteiger partial charge is 0.137 e. The Hall–Kier alpha value is -2.20. The van der Waals surface area contributed by atoms with Crippen LogP contribution in [0.3, 0.4) is 0 Å². The predicted molar refractivity (Wildman–Crippen MR) is 92.3 cm³/mol. The zero-order chi connectivity index (χ0) is 15.5. The fourth-order valence-electron chi connectivity index (χ4n) is 3.45. The van der Waals surface area contributed by atoms with Crippen molar-refractivity contribution >= 4 is 5.65 Å². The third-order valence-corrected chi connectivity index (χ3v) is 4.68. The minimum atomic E-state index is 0.745. The van der Waals surface area contributed by atoms with E-state index in [1.807, 2.05) is 30.6 Å². The van der Waals surface area contributed by atoms with Crippen molar-refractivity contribution in [3.8, 4) is 11.4 Å². The first kappa shape index (κ1) is 14.4. The molecule has 4 rings (SSSR count). The number of imidazole rings is 1. The Morgan fingerprint density at radius 3 is 3.09 bits per heavy atom. The molecule has 23 heavy (non-hydrogen) atoms. The van der Waals surface area contributed by atoms with Gasteiger partial charge in [-0.15, -0.1) is 0 Å². The highest BCUT2D eigenvalue weighted by Gasteiger charge is 2.14. The molecule has 0 bridgehead atoms. The van der Waals surface area contributed by atoms with Gasteiger partial charge in [0, 0.05) is 11.9 Å². The van der Waals surface area contributed by atoms with Gasteiger partial charge in [0.15, 0.2) is 0 Å². The van der Waals surface area contributed by atoms with Gasteiger partial charge in [-0.05, 0) is 69.0 Å². The first-order valence-corrected chi connectivity index (χ1v) is 8.49. The monoisotopic (exact) mass is 306 g/mol. The molecule has 0 spiro atoms. The molecule has 0 radical (unpaired) electrons. The van der Waals surface area contributed by atoms with E-state index in [-0.39, 0.29) is 0 Å². The number of nitrogens with one attached hydrogen (secondary N) is 1. The van der Waals surface area contributed by atoms with Crippen LogP contribution in [0.2, 0.25) is 0 Å². The summed E-state index contributed by atoms with van der Waals surface area (Å²) in [5.41, 5.74) is 4.22. The molecule has 4 nitrogen and oxygen atoms in total. The summed E-state index contributed by atoms with van der Waals surface area (Å²) in [4.78, 5) is 9.38. The maximum absolute atomic E-state index is 4.91. The van der Waals surface area contributed by atoms with Gasteiger partial charge < -0.3 is 5.32 Å². The highest BCUT2D eigenvalue weighted by Crippen LogP contribution is 2.22. The third-order valence-electron chi connectivity index (χ3n) is 4.68. The van der Waals surface area contributed by atoms with E-state index < -0.39 is 0 Å². The lowest BCUT2D eigenvalue weighted by Crippen LogP contribution is -2.14. The van der Waals surface area contributed by atoms with Crippen molar-refractivity contribution in [1.82, 2.24) is 19.7 Å². The Labute approximate surface area is 136 Å². The molecule has 1 aliphatic rings. The van der Waals surface area contributed by atoms with Crippen molar-refractivity contribution in [1.29, 1.82) is 0 Å². The summed E-state index contributed by atoms with van der Waals surface area (Å²) < 4.78 is 2.10. The van der Waals surface area contributed by atoms with Crippen LogP contribution >= 0.6 is 0 Å². The number of aromatic nitrogens is 3. The van der Waals surface area contributed by atoms with E-state index in [9.17, 15) is 0 Å². The van der Waals surface area contributed by atoms with Crippen LogP contribution in [0.25, 0.3) is 17.0 Å². The molecule has 0 saturated carbocycles. The number of hydrogen-bond donors (Lipinski definition) is 1. The number of nitrogens with zero attached hydrogens (tertiary/aromatic N) is 3. The SMILES string of the molecule is c1cc(C[C@H]2CCCNCC2)nc(-c2cnc3ccccn23)c1. The maximum atomic E-state index is 4.91. The molecule has 3 aromatic rings. The van der Waals surface area contributed by atoms with Crippen LogP contribution in [0.1, 0.15) is 25.0 Å². The van der Waals surface area contributed by atoms with Gasteiger partial charge in [0.05, 0.1) is 17.6 Å². The van der Waals surface area contributed by atoms with Crippen LogP contribution in [0.5, 0.6) is 0 Å². The summed E-state index contributed by atoms with van der Waals surface area (Å²) in [5.74, 6) is 0.745. The minimum absolute atomic E-state index is 0.745. The van der Waals surface area contributed by atoms with Crippen LogP contribution in [-0.4, -0.2) is 27.5 Å². The fraction of sp³-hybridized carbons (Fsp3) is 0.368. The Morgan fingerprint density at radius 1 is 1.09 bits per heavy atom. The zero-order valence-electron chi connectivity index (χ0n) is 13.3. The van der Waals surface area contributed by atoms with E-state index >= 15 is 0 Å². The Balaban J connectivity index is 1.61. The quantitative estimate of drug-likeness (QED) is 0.807. The van der Waals surface area contributed by atoms with Crippen LogP contribution in [0, 0.1) is 5.92 Å². The zero-order valence-corrected chi connectivity index (χ0v) is 13.3. The average Bonchev–Trinajstić information content (AvgIpc) is 2.85. The summed E-state index contributed by atoms with van der Waals surface area (Å²) in [6.45, 7) is 2.30. The van der Waals surface area contributed by atoms with Crippen LogP contribution in [0.4, 0.5) is 0 Å². The van der Waals surface area contributed by atoms with Gasteiger partial charge in [0.25, 0.3) is 0 Å². The van der Waals surface area contributed by atoms with Crippen molar-refractivity contribution in [2.75, 3.05) is 13.1 Å².